The summed E-state index contributed by atoms with van der Waals surface area (Å²) in [5.41, 5.74) is 1.60. The molecule has 0 saturated heterocycles. The molecule has 1 aliphatic rings. The van der Waals surface area contributed by atoms with E-state index in [1.54, 1.807) is 12.4 Å². The number of hydrogen-bond acceptors (Lipinski definition) is 4. The topological polar surface area (TPSA) is 41.4 Å². The van der Waals surface area contributed by atoms with E-state index in [-0.39, 0.29) is 0 Å². The van der Waals surface area contributed by atoms with Crippen molar-refractivity contribution in [2.45, 2.75) is 6.92 Å². The predicted molar refractivity (Wildman–Crippen MR) is 73.2 cm³/mol. The highest BCUT2D eigenvalue weighted by Gasteiger charge is 2.22. The molecule has 0 fully saturated rings. The van der Waals surface area contributed by atoms with Crippen molar-refractivity contribution in [3.05, 3.63) is 42.2 Å². The Morgan fingerprint density at radius 2 is 1.83 bits per heavy atom. The Morgan fingerprint density at radius 1 is 1.11 bits per heavy atom. The third-order valence-electron chi connectivity index (χ3n) is 2.82. The third-order valence-corrected chi connectivity index (χ3v) is 3.11. The van der Waals surface area contributed by atoms with Gasteiger partial charge in [0.25, 0.3) is 0 Å². The molecule has 90 valence electrons. The molecule has 5 heteroatoms. The van der Waals surface area contributed by atoms with E-state index >= 15 is 0 Å². The third kappa shape index (κ3) is 1.66. The van der Waals surface area contributed by atoms with Crippen LogP contribution in [-0.4, -0.2) is 21.7 Å². The molecule has 0 aliphatic carbocycles. The highest BCUT2D eigenvalue weighted by Crippen LogP contribution is 2.36. The summed E-state index contributed by atoms with van der Waals surface area (Å²) in [6.07, 6.45) is 3.50. The lowest BCUT2D eigenvalue weighted by Crippen LogP contribution is -2.19. The Balaban J connectivity index is 2.31. The molecule has 0 bridgehead atoms. The molecule has 18 heavy (non-hydrogen) atoms. The van der Waals surface area contributed by atoms with Crippen molar-refractivity contribution in [1.82, 2.24) is 9.97 Å². The number of hydrogen-bond donors (Lipinski definition) is 0. The number of rotatable bonds is 1. The summed E-state index contributed by atoms with van der Waals surface area (Å²) in [5.74, 6) is 1.59. The number of nitrogens with zero attached hydrogens (tertiary/aromatic N) is 4. The van der Waals surface area contributed by atoms with E-state index in [1.165, 1.54) is 0 Å². The maximum atomic E-state index is 6.26. The van der Waals surface area contributed by atoms with Crippen molar-refractivity contribution in [3.8, 4) is 0 Å². The van der Waals surface area contributed by atoms with E-state index in [2.05, 4.69) is 21.9 Å². The molecular formula is C13H11ClN4. The first-order chi connectivity index (χ1) is 8.81. The van der Waals surface area contributed by atoms with E-state index in [9.17, 15) is 0 Å². The lowest BCUT2D eigenvalue weighted by atomic mass is 10.2. The minimum absolute atomic E-state index is 0.448. The number of halogens is 1. The zero-order chi connectivity index (χ0) is 12.5. The highest BCUT2D eigenvalue weighted by molar-refractivity contribution is 6.70. The van der Waals surface area contributed by atoms with Crippen molar-refractivity contribution in [2.75, 3.05) is 11.4 Å². The van der Waals surface area contributed by atoms with Crippen LogP contribution in [-0.2, 0) is 0 Å². The second-order valence-corrected chi connectivity index (χ2v) is 4.23. The monoisotopic (exact) mass is 258 g/mol. The van der Waals surface area contributed by atoms with Crippen LogP contribution in [0.4, 0.5) is 17.3 Å². The van der Waals surface area contributed by atoms with Crippen molar-refractivity contribution in [1.29, 1.82) is 0 Å². The molecule has 0 saturated carbocycles. The van der Waals surface area contributed by atoms with Crippen LogP contribution in [0.5, 0.6) is 0 Å². The van der Waals surface area contributed by atoms with Crippen LogP contribution in [0.25, 0.3) is 0 Å². The van der Waals surface area contributed by atoms with Gasteiger partial charge in [0.05, 0.1) is 5.56 Å². The number of pyridine rings is 2. The molecule has 2 aromatic rings. The van der Waals surface area contributed by atoms with E-state index in [0.29, 0.717) is 5.17 Å². The molecule has 0 spiro atoms. The van der Waals surface area contributed by atoms with Crippen LogP contribution in [0.3, 0.4) is 0 Å². The van der Waals surface area contributed by atoms with Crippen molar-refractivity contribution >= 4 is 34.1 Å². The van der Waals surface area contributed by atoms with Gasteiger partial charge in [0.2, 0.25) is 0 Å². The predicted octanol–water partition coefficient (Wildman–Crippen LogP) is 3.27. The van der Waals surface area contributed by atoms with Gasteiger partial charge < -0.3 is 4.90 Å². The largest absolute Gasteiger partial charge is 0.309 e. The smallest absolute Gasteiger partial charge is 0.160 e. The van der Waals surface area contributed by atoms with Gasteiger partial charge in [0, 0.05) is 18.9 Å². The summed E-state index contributed by atoms with van der Waals surface area (Å²) in [4.78, 5) is 15.2. The zero-order valence-corrected chi connectivity index (χ0v) is 10.6. The van der Waals surface area contributed by atoms with Crippen LogP contribution >= 0.6 is 11.6 Å². The number of fused-ring (bicyclic) bond motifs is 2. The van der Waals surface area contributed by atoms with Crippen LogP contribution in [0.2, 0.25) is 0 Å². The fourth-order valence-electron chi connectivity index (χ4n) is 2.02. The Labute approximate surface area is 110 Å². The standard InChI is InChI=1S/C13H11ClN4/c1-2-18-12-9(5-3-7-15-12)11(14)17-10-6-4-8-16-13(10)18/h3-8H,2H2,1H3. The molecule has 0 unspecified atom stereocenters. The molecule has 0 atom stereocenters. The van der Waals surface area contributed by atoms with Crippen molar-refractivity contribution < 1.29 is 0 Å². The Morgan fingerprint density at radius 3 is 2.61 bits per heavy atom. The summed E-state index contributed by atoms with van der Waals surface area (Å²) in [5, 5.41) is 0.448. The van der Waals surface area contributed by atoms with Gasteiger partial charge in [0.15, 0.2) is 5.82 Å². The van der Waals surface area contributed by atoms with Crippen molar-refractivity contribution in [2.24, 2.45) is 4.99 Å². The van der Waals surface area contributed by atoms with E-state index in [1.807, 2.05) is 29.2 Å². The number of aromatic nitrogens is 2. The molecule has 1 aliphatic heterocycles. The fraction of sp³-hybridized carbons (Fsp3) is 0.154. The maximum absolute atomic E-state index is 6.26. The van der Waals surface area contributed by atoms with Crippen LogP contribution in [0.15, 0.2) is 41.7 Å². The van der Waals surface area contributed by atoms with Gasteiger partial charge in [-0.2, -0.15) is 0 Å². The first-order valence-corrected chi connectivity index (χ1v) is 6.11. The van der Waals surface area contributed by atoms with Crippen LogP contribution < -0.4 is 4.90 Å². The Bertz CT molecular complexity index is 624. The lowest BCUT2D eigenvalue weighted by molar-refractivity contribution is 0.963. The van der Waals surface area contributed by atoms with Gasteiger partial charge in [0.1, 0.15) is 16.7 Å². The molecule has 4 nitrogen and oxygen atoms in total. The zero-order valence-electron chi connectivity index (χ0n) is 9.84. The van der Waals surface area contributed by atoms with Gasteiger partial charge in [-0.1, -0.05) is 11.6 Å². The molecule has 3 rings (SSSR count). The van der Waals surface area contributed by atoms with Crippen LogP contribution in [0.1, 0.15) is 12.5 Å². The Hall–Kier alpha value is -1.94. The van der Waals surface area contributed by atoms with E-state index < -0.39 is 0 Å². The number of aliphatic imine (C=N–C) groups is 1. The average molecular weight is 259 g/mol. The van der Waals surface area contributed by atoms with Crippen molar-refractivity contribution in [3.63, 3.8) is 0 Å². The second-order valence-electron chi connectivity index (χ2n) is 3.87. The summed E-state index contributed by atoms with van der Waals surface area (Å²) in [6, 6.07) is 7.53. The quantitative estimate of drug-likeness (QED) is 0.788. The molecule has 0 aromatic carbocycles. The average Bonchev–Trinajstić information content (AvgIpc) is 2.53. The summed E-state index contributed by atoms with van der Waals surface area (Å²) in [7, 11) is 0. The van der Waals surface area contributed by atoms with Crippen LogP contribution in [0, 0.1) is 0 Å². The summed E-state index contributed by atoms with van der Waals surface area (Å²) in [6.45, 7) is 2.81. The molecule has 3 heterocycles. The first-order valence-electron chi connectivity index (χ1n) is 5.73. The SMILES string of the molecule is CCN1c2ncccc2N=C(Cl)c2cccnc21. The first kappa shape index (κ1) is 11.2. The molecular weight excluding hydrogens is 248 g/mol. The minimum atomic E-state index is 0.448. The lowest BCUT2D eigenvalue weighted by Gasteiger charge is -2.21. The second kappa shape index (κ2) is 4.38. The molecule has 0 amide bonds. The molecule has 0 radical (unpaired) electrons. The van der Waals surface area contributed by atoms with Gasteiger partial charge >= 0.3 is 0 Å². The maximum Gasteiger partial charge on any atom is 0.160 e. The van der Waals surface area contributed by atoms with Gasteiger partial charge in [-0.15, -0.1) is 0 Å². The van der Waals surface area contributed by atoms with Gasteiger partial charge in [-0.3, -0.25) is 0 Å². The van der Waals surface area contributed by atoms with Gasteiger partial charge in [-0.25, -0.2) is 15.0 Å². The Kier molecular flexibility index (Phi) is 2.72. The normalized spacial score (nSPS) is 13.4. The van der Waals surface area contributed by atoms with Gasteiger partial charge in [-0.05, 0) is 31.2 Å². The van der Waals surface area contributed by atoms with E-state index in [0.717, 1.165) is 29.4 Å². The highest BCUT2D eigenvalue weighted by atomic mass is 35.5. The number of anilines is 2. The molecule has 2 aromatic heterocycles. The van der Waals surface area contributed by atoms with E-state index in [4.69, 9.17) is 11.6 Å². The summed E-state index contributed by atoms with van der Waals surface area (Å²) >= 11 is 6.26. The molecule has 0 N–H and O–H groups in total. The summed E-state index contributed by atoms with van der Waals surface area (Å²) < 4.78 is 0. The fourth-order valence-corrected chi connectivity index (χ4v) is 2.26. The minimum Gasteiger partial charge on any atom is -0.309 e.